The molecule has 0 N–H and O–H groups in total. The molecule has 1 unspecified atom stereocenters. The number of benzene rings is 7. The second kappa shape index (κ2) is 14.7. The molecule has 7 aromatic carbocycles. The first-order valence-electron chi connectivity index (χ1n) is 20.4. The topological polar surface area (TPSA) is 81.1 Å². The third-order valence-electron chi connectivity index (χ3n) is 11.8. The number of aromatic nitrogens is 3. The van der Waals surface area contributed by atoms with Crippen LogP contribution in [0, 0.1) is 0 Å². The molecule has 3 heterocycles. The summed E-state index contributed by atoms with van der Waals surface area (Å²) in [6.07, 6.45) is 4.05. The van der Waals surface area contributed by atoms with Crippen molar-refractivity contribution in [1.29, 1.82) is 0 Å². The fraction of sp³-hybridized carbons (Fsp3) is 0.0556. The molecular weight excluding hydrogens is 751 g/mol. The molecular formula is C54H37N5O2. The van der Waals surface area contributed by atoms with E-state index in [4.69, 9.17) is 15.0 Å². The first kappa shape index (κ1) is 36.1. The van der Waals surface area contributed by atoms with Gasteiger partial charge in [-0.1, -0.05) is 152 Å². The Labute approximate surface area is 351 Å². The lowest BCUT2D eigenvalue weighted by Gasteiger charge is -2.23. The van der Waals surface area contributed by atoms with Gasteiger partial charge in [0.2, 0.25) is 0 Å². The van der Waals surface area contributed by atoms with Crippen molar-refractivity contribution in [2.45, 2.75) is 19.5 Å². The Morgan fingerprint density at radius 3 is 2.02 bits per heavy atom. The molecule has 2 aromatic heterocycles. The van der Waals surface area contributed by atoms with E-state index < -0.39 is 17.4 Å². The van der Waals surface area contributed by atoms with Crippen LogP contribution in [-0.2, 0) is 0 Å². The van der Waals surface area contributed by atoms with E-state index in [-0.39, 0.29) is 0 Å². The highest BCUT2D eigenvalue weighted by atomic mass is 16.2. The van der Waals surface area contributed by atoms with Gasteiger partial charge in [-0.2, -0.15) is 0 Å². The monoisotopic (exact) mass is 787 g/mol. The molecule has 0 saturated carbocycles. The van der Waals surface area contributed by atoms with Crippen molar-refractivity contribution in [2.75, 3.05) is 0 Å². The number of fused-ring (bicyclic) bond motifs is 7. The number of nitrogens with zero attached hydrogens (tertiary/aromatic N) is 5. The number of amidine groups is 1. The van der Waals surface area contributed by atoms with Gasteiger partial charge in [-0.3, -0.25) is 9.36 Å². The molecule has 0 bridgehead atoms. The van der Waals surface area contributed by atoms with Gasteiger partial charge < -0.3 is 0 Å². The van der Waals surface area contributed by atoms with E-state index in [0.717, 1.165) is 44.7 Å². The van der Waals surface area contributed by atoms with Gasteiger partial charge in [0.25, 0.3) is 5.56 Å². The van der Waals surface area contributed by atoms with Gasteiger partial charge in [-0.05, 0) is 99.0 Å². The standard InChI is InChI=1S/C54H37N5O2/c1-34-25-29-47(36-17-7-3-8-18-36)55-50(37-19-9-4-10-20-37)57-51(34)58-49-30-27-39(33-46(49)52-56-48-24-14-13-23-43(48)53(60)59(52)54(58)61)38-26-28-42-44(31-35-15-5-2-6-16-35)40-21-11-12-22-41(40)45(42)32-38/h2-28,30-33,51H,29H2,1H3/b34-25+,44-31?,55-47?,57-50-. The van der Waals surface area contributed by atoms with Crippen molar-refractivity contribution in [3.63, 3.8) is 0 Å². The lowest BCUT2D eigenvalue weighted by molar-refractivity contribution is 0.577. The Morgan fingerprint density at radius 1 is 0.590 bits per heavy atom. The van der Waals surface area contributed by atoms with Gasteiger partial charge in [-0.25, -0.2) is 24.2 Å². The van der Waals surface area contributed by atoms with Crippen LogP contribution >= 0.6 is 0 Å². The maximum absolute atomic E-state index is 15.1. The molecule has 0 amide bonds. The van der Waals surface area contributed by atoms with E-state index >= 15 is 4.79 Å². The van der Waals surface area contributed by atoms with Crippen LogP contribution in [0.25, 0.3) is 61.4 Å². The van der Waals surface area contributed by atoms with E-state index in [1.165, 1.54) is 26.7 Å². The third kappa shape index (κ3) is 6.17. The van der Waals surface area contributed by atoms with E-state index in [0.29, 0.717) is 39.7 Å². The Kier molecular flexibility index (Phi) is 8.67. The lowest BCUT2D eigenvalue weighted by Crippen LogP contribution is -2.37. The van der Waals surface area contributed by atoms with Crippen molar-refractivity contribution < 1.29 is 0 Å². The van der Waals surface area contributed by atoms with Crippen LogP contribution < -0.4 is 11.2 Å². The zero-order chi connectivity index (χ0) is 41.0. The van der Waals surface area contributed by atoms with Gasteiger partial charge in [0.15, 0.2) is 17.6 Å². The zero-order valence-electron chi connectivity index (χ0n) is 33.2. The fourth-order valence-electron chi connectivity index (χ4n) is 8.78. The van der Waals surface area contributed by atoms with E-state index in [9.17, 15) is 4.79 Å². The maximum atomic E-state index is 15.1. The average molecular weight is 788 g/mol. The van der Waals surface area contributed by atoms with Crippen LogP contribution in [0.15, 0.2) is 207 Å². The van der Waals surface area contributed by atoms with Crippen molar-refractivity contribution in [2.24, 2.45) is 9.98 Å². The maximum Gasteiger partial charge on any atom is 0.339 e. The first-order valence-corrected chi connectivity index (χ1v) is 20.4. The fourth-order valence-corrected chi connectivity index (χ4v) is 8.78. The molecule has 1 atom stereocenters. The number of para-hydroxylation sites is 1. The molecule has 1 aliphatic heterocycles. The molecule has 7 heteroatoms. The molecule has 9 aromatic rings. The molecule has 0 fully saturated rings. The predicted molar refractivity (Wildman–Crippen MR) is 248 cm³/mol. The smallest absolute Gasteiger partial charge is 0.268 e. The van der Waals surface area contributed by atoms with Gasteiger partial charge >= 0.3 is 5.69 Å². The summed E-state index contributed by atoms with van der Waals surface area (Å²) in [6, 6.07) is 58.7. The van der Waals surface area contributed by atoms with Crippen LogP contribution in [0.2, 0.25) is 0 Å². The Balaban J connectivity index is 1.15. The van der Waals surface area contributed by atoms with Gasteiger partial charge in [0, 0.05) is 17.4 Å². The SMILES string of the molecule is C/C1=C\CC(c2ccccc2)=N/C(c2ccccc2)=N\C1n1c(=O)n2c(=O)c3ccccc3nc2c2cc(-c3ccc4c(c3)-c3ccccc3C4=Cc3ccccc3)ccc21. The highest BCUT2D eigenvalue weighted by molar-refractivity contribution is 6.13. The summed E-state index contributed by atoms with van der Waals surface area (Å²) in [7, 11) is 0. The summed E-state index contributed by atoms with van der Waals surface area (Å²) in [5.41, 5.74) is 13.0. The Morgan fingerprint density at radius 2 is 1.23 bits per heavy atom. The number of hydrogen-bond acceptors (Lipinski definition) is 5. The molecule has 0 spiro atoms. The van der Waals surface area contributed by atoms with Crippen molar-refractivity contribution >= 4 is 50.6 Å². The summed E-state index contributed by atoms with van der Waals surface area (Å²) in [4.78, 5) is 45.0. The molecule has 61 heavy (non-hydrogen) atoms. The highest BCUT2D eigenvalue weighted by Crippen LogP contribution is 2.46. The first-order chi connectivity index (χ1) is 30.0. The quantitative estimate of drug-likeness (QED) is 0.0989. The normalized spacial score (nSPS) is 17.2. The number of aliphatic imine (C=N–C) groups is 2. The third-order valence-corrected chi connectivity index (χ3v) is 11.8. The Bertz CT molecular complexity index is 3490. The van der Waals surface area contributed by atoms with Crippen molar-refractivity contribution in [1.82, 2.24) is 14.0 Å². The molecule has 2 aliphatic rings. The highest BCUT2D eigenvalue weighted by Gasteiger charge is 2.26. The van der Waals surface area contributed by atoms with Crippen molar-refractivity contribution in [3.8, 4) is 22.3 Å². The largest absolute Gasteiger partial charge is 0.339 e. The zero-order valence-corrected chi connectivity index (χ0v) is 33.2. The van der Waals surface area contributed by atoms with Crippen LogP contribution in [-0.4, -0.2) is 25.5 Å². The second-order valence-corrected chi connectivity index (χ2v) is 15.5. The van der Waals surface area contributed by atoms with E-state index in [2.05, 4.69) is 84.9 Å². The summed E-state index contributed by atoms with van der Waals surface area (Å²) in [5.74, 6) is 0.497. The lowest BCUT2D eigenvalue weighted by atomic mass is 9.96. The van der Waals surface area contributed by atoms with Crippen molar-refractivity contribution in [3.05, 3.63) is 236 Å². The molecule has 11 rings (SSSR count). The molecule has 0 radical (unpaired) electrons. The summed E-state index contributed by atoms with van der Waals surface area (Å²) < 4.78 is 2.86. The van der Waals surface area contributed by atoms with Crippen LogP contribution in [0.5, 0.6) is 0 Å². The van der Waals surface area contributed by atoms with Crippen LogP contribution in [0.1, 0.15) is 47.3 Å². The molecule has 0 saturated heterocycles. The summed E-state index contributed by atoms with van der Waals surface area (Å²) in [5, 5.41) is 1.02. The van der Waals surface area contributed by atoms with Gasteiger partial charge in [-0.15, -0.1) is 0 Å². The summed E-state index contributed by atoms with van der Waals surface area (Å²) in [6.45, 7) is 1.99. The minimum Gasteiger partial charge on any atom is -0.268 e. The minimum atomic E-state index is -0.814. The molecule has 1 aliphatic carbocycles. The minimum absolute atomic E-state index is 0.297. The van der Waals surface area contributed by atoms with E-state index in [1.807, 2.05) is 97.9 Å². The number of allylic oxidation sites excluding steroid dienone is 1. The van der Waals surface area contributed by atoms with Gasteiger partial charge in [0.05, 0.1) is 22.1 Å². The second-order valence-electron chi connectivity index (χ2n) is 15.5. The number of hydrogen-bond donors (Lipinski definition) is 0. The average Bonchev–Trinajstić information content (AvgIpc) is 3.61. The molecule has 7 nitrogen and oxygen atoms in total. The molecule has 290 valence electrons. The summed E-state index contributed by atoms with van der Waals surface area (Å²) >= 11 is 0. The van der Waals surface area contributed by atoms with E-state index in [1.54, 1.807) is 16.7 Å². The predicted octanol–water partition coefficient (Wildman–Crippen LogP) is 11.2. The van der Waals surface area contributed by atoms with Crippen LogP contribution in [0.4, 0.5) is 0 Å². The van der Waals surface area contributed by atoms with Crippen LogP contribution in [0.3, 0.4) is 0 Å². The Hall–Kier alpha value is -8.03. The van der Waals surface area contributed by atoms with Gasteiger partial charge in [0.1, 0.15) is 0 Å². The number of rotatable bonds is 5.